The third kappa shape index (κ3) is 7.85. The highest BCUT2D eigenvalue weighted by Gasteiger charge is 2.11. The van der Waals surface area contributed by atoms with Crippen LogP contribution in [0.4, 0.5) is 0 Å². The standard InChI is InChI=1S/C15H22O7S/c1-11(10-20-2)22-14-8-12(15(16)17)7-13(9-14)21-5-4-6-23(3,18)19/h7-9,11H,4-6,10H2,1-3H3,(H,16,17)/t11-/m0/s1. The number of hydrogen-bond acceptors (Lipinski definition) is 6. The number of carboxylic acid groups (broad SMARTS) is 1. The maximum absolute atomic E-state index is 11.2. The Morgan fingerprint density at radius 2 is 1.91 bits per heavy atom. The van der Waals surface area contributed by atoms with Gasteiger partial charge in [-0.25, -0.2) is 13.2 Å². The van der Waals surface area contributed by atoms with Crippen LogP contribution in [0.1, 0.15) is 23.7 Å². The van der Waals surface area contributed by atoms with Crippen LogP contribution in [0.2, 0.25) is 0 Å². The summed E-state index contributed by atoms with van der Waals surface area (Å²) < 4.78 is 38.1. The molecule has 0 aliphatic carbocycles. The number of ether oxygens (including phenoxy) is 3. The fourth-order valence-corrected chi connectivity index (χ4v) is 2.50. The molecular weight excluding hydrogens is 324 g/mol. The molecule has 0 unspecified atom stereocenters. The van der Waals surface area contributed by atoms with Gasteiger partial charge in [0, 0.05) is 19.4 Å². The first-order valence-corrected chi connectivity index (χ1v) is 9.12. The number of sulfone groups is 1. The van der Waals surface area contributed by atoms with Gasteiger partial charge in [0.1, 0.15) is 27.4 Å². The predicted octanol–water partition coefficient (Wildman–Crippen LogP) is 1.61. The van der Waals surface area contributed by atoms with Gasteiger partial charge in [0.2, 0.25) is 0 Å². The summed E-state index contributed by atoms with van der Waals surface area (Å²) >= 11 is 0. The fourth-order valence-electron chi connectivity index (χ4n) is 1.86. The van der Waals surface area contributed by atoms with Gasteiger partial charge in [0.25, 0.3) is 0 Å². The Balaban J connectivity index is 2.77. The van der Waals surface area contributed by atoms with Gasteiger partial charge in [0.15, 0.2) is 0 Å². The Morgan fingerprint density at radius 1 is 1.26 bits per heavy atom. The largest absolute Gasteiger partial charge is 0.493 e. The molecule has 0 amide bonds. The molecule has 0 aliphatic heterocycles. The van der Waals surface area contributed by atoms with Gasteiger partial charge >= 0.3 is 5.97 Å². The van der Waals surface area contributed by atoms with Crippen molar-refractivity contribution in [1.82, 2.24) is 0 Å². The minimum absolute atomic E-state index is 0.0137. The number of aromatic carboxylic acids is 1. The maximum atomic E-state index is 11.2. The van der Waals surface area contributed by atoms with Gasteiger partial charge < -0.3 is 19.3 Å². The summed E-state index contributed by atoms with van der Waals surface area (Å²) in [6.07, 6.45) is 1.23. The van der Waals surface area contributed by atoms with Crippen LogP contribution in [-0.4, -0.2) is 57.9 Å². The molecule has 0 saturated heterocycles. The van der Waals surface area contributed by atoms with Crippen molar-refractivity contribution >= 4 is 15.8 Å². The Labute approximate surface area is 136 Å². The third-order valence-corrected chi connectivity index (χ3v) is 3.82. The van der Waals surface area contributed by atoms with Gasteiger partial charge in [-0.1, -0.05) is 0 Å². The highest BCUT2D eigenvalue weighted by Crippen LogP contribution is 2.24. The number of hydrogen-bond donors (Lipinski definition) is 1. The minimum atomic E-state index is -3.04. The average Bonchev–Trinajstić information content (AvgIpc) is 2.42. The molecule has 1 atom stereocenters. The molecule has 23 heavy (non-hydrogen) atoms. The lowest BCUT2D eigenvalue weighted by molar-refractivity contribution is 0.0693. The fraction of sp³-hybridized carbons (Fsp3) is 0.533. The van der Waals surface area contributed by atoms with E-state index in [2.05, 4.69) is 0 Å². The van der Waals surface area contributed by atoms with Crippen molar-refractivity contribution in [3.8, 4) is 11.5 Å². The van der Waals surface area contributed by atoms with Crippen molar-refractivity contribution < 1.29 is 32.5 Å². The van der Waals surface area contributed by atoms with E-state index in [1.165, 1.54) is 12.1 Å². The highest BCUT2D eigenvalue weighted by molar-refractivity contribution is 7.90. The monoisotopic (exact) mass is 346 g/mol. The van der Waals surface area contributed by atoms with Crippen molar-refractivity contribution in [2.24, 2.45) is 0 Å². The molecule has 0 heterocycles. The maximum Gasteiger partial charge on any atom is 0.335 e. The average molecular weight is 346 g/mol. The van der Waals surface area contributed by atoms with Crippen LogP contribution in [0.15, 0.2) is 18.2 Å². The van der Waals surface area contributed by atoms with Gasteiger partial charge in [-0.05, 0) is 25.5 Å². The molecule has 7 nitrogen and oxygen atoms in total. The zero-order valence-electron chi connectivity index (χ0n) is 13.4. The summed E-state index contributed by atoms with van der Waals surface area (Å²) in [7, 11) is -1.50. The van der Waals surface area contributed by atoms with E-state index >= 15 is 0 Å². The van der Waals surface area contributed by atoms with E-state index in [0.29, 0.717) is 24.5 Å². The lowest BCUT2D eigenvalue weighted by atomic mass is 10.2. The van der Waals surface area contributed by atoms with E-state index in [0.717, 1.165) is 6.26 Å². The SMILES string of the molecule is COC[C@H](C)Oc1cc(OCCCS(C)(=O)=O)cc(C(=O)O)c1. The quantitative estimate of drug-likeness (QED) is 0.643. The molecule has 1 N–H and O–H groups in total. The van der Waals surface area contributed by atoms with Gasteiger partial charge in [-0.2, -0.15) is 0 Å². The zero-order chi connectivity index (χ0) is 17.5. The first kappa shape index (κ1) is 19.2. The Kier molecular flexibility index (Phi) is 7.31. The van der Waals surface area contributed by atoms with Crippen molar-refractivity contribution in [2.45, 2.75) is 19.4 Å². The summed E-state index contributed by atoms with van der Waals surface area (Å²) in [6, 6.07) is 4.34. The summed E-state index contributed by atoms with van der Waals surface area (Å²) in [4.78, 5) is 11.2. The van der Waals surface area contributed by atoms with Crippen LogP contribution in [0.5, 0.6) is 11.5 Å². The van der Waals surface area contributed by atoms with E-state index in [-0.39, 0.29) is 24.0 Å². The summed E-state index contributed by atoms with van der Waals surface area (Å²) in [5.74, 6) is -0.416. The molecular formula is C15H22O7S. The van der Waals surface area contributed by atoms with Gasteiger partial charge in [0.05, 0.1) is 24.5 Å². The summed E-state index contributed by atoms with van der Waals surface area (Å²) in [5.41, 5.74) is 0.0326. The zero-order valence-corrected chi connectivity index (χ0v) is 14.3. The summed E-state index contributed by atoms with van der Waals surface area (Å²) in [5, 5.41) is 9.13. The lowest BCUT2D eigenvalue weighted by Crippen LogP contribution is -2.18. The molecule has 1 rings (SSSR count). The molecule has 0 radical (unpaired) electrons. The van der Waals surface area contributed by atoms with Gasteiger partial charge in [-0.3, -0.25) is 0 Å². The number of carboxylic acids is 1. The highest BCUT2D eigenvalue weighted by atomic mass is 32.2. The summed E-state index contributed by atoms with van der Waals surface area (Å²) in [6.45, 7) is 2.33. The van der Waals surface area contributed by atoms with E-state index in [9.17, 15) is 13.2 Å². The normalized spacial score (nSPS) is 12.7. The molecule has 1 aromatic carbocycles. The Hall–Kier alpha value is -1.80. The second-order valence-electron chi connectivity index (χ2n) is 5.21. The second-order valence-corrected chi connectivity index (χ2v) is 7.47. The van der Waals surface area contributed by atoms with Gasteiger partial charge in [-0.15, -0.1) is 0 Å². The van der Waals surface area contributed by atoms with Crippen LogP contribution >= 0.6 is 0 Å². The molecule has 0 spiro atoms. The Morgan fingerprint density at radius 3 is 2.48 bits per heavy atom. The lowest BCUT2D eigenvalue weighted by Gasteiger charge is -2.15. The van der Waals surface area contributed by atoms with E-state index < -0.39 is 15.8 Å². The van der Waals surface area contributed by atoms with Crippen LogP contribution in [0.25, 0.3) is 0 Å². The Bertz CT molecular complexity index is 625. The molecule has 0 fully saturated rings. The van der Waals surface area contributed by atoms with Crippen LogP contribution in [-0.2, 0) is 14.6 Å². The first-order chi connectivity index (χ1) is 10.7. The molecule has 8 heteroatoms. The van der Waals surface area contributed by atoms with Crippen LogP contribution in [0.3, 0.4) is 0 Å². The molecule has 1 aromatic rings. The van der Waals surface area contributed by atoms with E-state index in [4.69, 9.17) is 19.3 Å². The van der Waals surface area contributed by atoms with E-state index in [1.54, 1.807) is 20.1 Å². The molecule has 0 aliphatic rings. The van der Waals surface area contributed by atoms with Crippen molar-refractivity contribution in [1.29, 1.82) is 0 Å². The topological polar surface area (TPSA) is 99.1 Å². The minimum Gasteiger partial charge on any atom is -0.493 e. The first-order valence-electron chi connectivity index (χ1n) is 7.06. The molecule has 0 bridgehead atoms. The molecule has 0 aromatic heterocycles. The molecule has 0 saturated carbocycles. The van der Waals surface area contributed by atoms with E-state index in [1.807, 2.05) is 0 Å². The number of methoxy groups -OCH3 is 1. The smallest absolute Gasteiger partial charge is 0.335 e. The van der Waals surface area contributed by atoms with Crippen molar-refractivity contribution in [2.75, 3.05) is 32.3 Å². The second kappa shape index (κ2) is 8.73. The van der Waals surface area contributed by atoms with Crippen LogP contribution < -0.4 is 9.47 Å². The van der Waals surface area contributed by atoms with Crippen molar-refractivity contribution in [3.63, 3.8) is 0 Å². The van der Waals surface area contributed by atoms with Crippen molar-refractivity contribution in [3.05, 3.63) is 23.8 Å². The number of rotatable bonds is 10. The predicted molar refractivity (Wildman–Crippen MR) is 85.2 cm³/mol. The molecule has 130 valence electrons. The van der Waals surface area contributed by atoms with Crippen LogP contribution in [0, 0.1) is 0 Å². The third-order valence-electron chi connectivity index (χ3n) is 2.79. The number of benzene rings is 1. The number of carbonyl (C=O) groups is 1.